The number of para-hydroxylation sites is 1. The zero-order valence-corrected chi connectivity index (χ0v) is 11.4. The Labute approximate surface area is 114 Å². The fraction of sp³-hybridized carbons (Fsp3) is 0.533. The second-order valence-electron chi connectivity index (χ2n) is 5.11. The summed E-state index contributed by atoms with van der Waals surface area (Å²) in [6, 6.07) is 10.1. The first-order valence-corrected chi connectivity index (χ1v) is 6.99. The number of benzene rings is 1. The smallest absolute Gasteiger partial charge is 0.320 e. The molecule has 2 atom stereocenters. The summed E-state index contributed by atoms with van der Waals surface area (Å²) in [6.45, 7) is 3.63. The van der Waals surface area contributed by atoms with Crippen molar-refractivity contribution in [1.29, 1.82) is 0 Å². The van der Waals surface area contributed by atoms with Gasteiger partial charge in [-0.05, 0) is 37.9 Å². The highest BCUT2D eigenvalue weighted by molar-refractivity contribution is 5.73. The number of carboxylic acid groups (broad SMARTS) is 1. The molecule has 0 unspecified atom stereocenters. The van der Waals surface area contributed by atoms with Crippen molar-refractivity contribution in [2.24, 2.45) is 0 Å². The van der Waals surface area contributed by atoms with Crippen molar-refractivity contribution in [3.8, 4) is 0 Å². The van der Waals surface area contributed by atoms with Crippen LogP contribution in [0.4, 0.5) is 5.69 Å². The molecule has 1 fully saturated rings. The second-order valence-corrected chi connectivity index (χ2v) is 5.11. The van der Waals surface area contributed by atoms with Crippen molar-refractivity contribution in [2.45, 2.75) is 38.3 Å². The lowest BCUT2D eigenvalue weighted by molar-refractivity contribution is -0.143. The molecule has 0 bridgehead atoms. The van der Waals surface area contributed by atoms with Gasteiger partial charge in [-0.25, -0.2) is 0 Å². The number of nitrogens with zero attached hydrogens (tertiary/aromatic N) is 1. The highest BCUT2D eigenvalue weighted by atomic mass is 16.4. The summed E-state index contributed by atoms with van der Waals surface area (Å²) in [5, 5.41) is 12.7. The summed E-state index contributed by atoms with van der Waals surface area (Å²) >= 11 is 0. The zero-order chi connectivity index (χ0) is 13.7. The average Bonchev–Trinajstić information content (AvgIpc) is 2.41. The minimum absolute atomic E-state index is 0.338. The van der Waals surface area contributed by atoms with E-state index in [-0.39, 0.29) is 6.04 Å². The van der Waals surface area contributed by atoms with Crippen molar-refractivity contribution in [1.82, 2.24) is 4.90 Å². The molecule has 0 saturated carbocycles. The van der Waals surface area contributed by atoms with Crippen LogP contribution in [0.25, 0.3) is 0 Å². The molecule has 0 aliphatic carbocycles. The summed E-state index contributed by atoms with van der Waals surface area (Å²) in [5.74, 6) is -0.706. The molecular formula is C15H22N2O2. The lowest BCUT2D eigenvalue weighted by Gasteiger charge is -2.36. The maximum absolute atomic E-state index is 11.2. The molecule has 0 spiro atoms. The van der Waals surface area contributed by atoms with E-state index in [1.807, 2.05) is 37.3 Å². The van der Waals surface area contributed by atoms with Crippen LogP contribution >= 0.6 is 0 Å². The number of piperidine rings is 1. The lowest BCUT2D eigenvalue weighted by atomic mass is 10.0. The van der Waals surface area contributed by atoms with E-state index in [9.17, 15) is 9.90 Å². The van der Waals surface area contributed by atoms with Crippen LogP contribution in [0.2, 0.25) is 0 Å². The molecule has 1 aromatic carbocycles. The lowest BCUT2D eigenvalue weighted by Crippen LogP contribution is -2.49. The van der Waals surface area contributed by atoms with Crippen molar-refractivity contribution in [2.75, 3.05) is 18.4 Å². The third-order valence-electron chi connectivity index (χ3n) is 3.71. The molecule has 1 aromatic rings. The highest BCUT2D eigenvalue weighted by Gasteiger charge is 2.28. The maximum atomic E-state index is 11.2. The van der Waals surface area contributed by atoms with E-state index in [2.05, 4.69) is 10.2 Å². The Morgan fingerprint density at radius 3 is 2.84 bits per heavy atom. The van der Waals surface area contributed by atoms with Crippen LogP contribution in [0.15, 0.2) is 30.3 Å². The second kappa shape index (κ2) is 6.57. The zero-order valence-electron chi connectivity index (χ0n) is 11.4. The van der Waals surface area contributed by atoms with Gasteiger partial charge in [-0.1, -0.05) is 25.1 Å². The molecule has 0 aromatic heterocycles. The molecule has 1 saturated heterocycles. The molecule has 1 aliphatic heterocycles. The Morgan fingerprint density at radius 2 is 2.21 bits per heavy atom. The summed E-state index contributed by atoms with van der Waals surface area (Å²) in [4.78, 5) is 13.3. The molecule has 0 amide bonds. The SMILES string of the molecule is CC[C@@H](C(=O)O)N1CCC[C@@H](Nc2ccccc2)C1. The number of likely N-dealkylation sites (tertiary alicyclic amines) is 1. The molecule has 1 aliphatic rings. The van der Waals surface area contributed by atoms with E-state index < -0.39 is 5.97 Å². The Kier molecular flexibility index (Phi) is 4.80. The van der Waals surface area contributed by atoms with Gasteiger partial charge in [0.05, 0.1) is 0 Å². The maximum Gasteiger partial charge on any atom is 0.320 e. The van der Waals surface area contributed by atoms with Crippen LogP contribution in [0.1, 0.15) is 26.2 Å². The normalized spacial score (nSPS) is 21.8. The standard InChI is InChI=1S/C15H22N2O2/c1-2-14(15(18)19)17-10-6-9-13(11-17)16-12-7-4-3-5-8-12/h3-5,7-8,13-14,16H,2,6,9-11H2,1H3,(H,18,19)/t13-,14+/m1/s1. The van der Waals surface area contributed by atoms with Crippen LogP contribution in [-0.2, 0) is 4.79 Å². The first kappa shape index (κ1) is 13.9. The molecule has 4 nitrogen and oxygen atoms in total. The predicted octanol–water partition coefficient (Wildman–Crippen LogP) is 2.43. The van der Waals surface area contributed by atoms with Gasteiger partial charge in [0.15, 0.2) is 0 Å². The predicted molar refractivity (Wildman–Crippen MR) is 76.4 cm³/mol. The van der Waals surface area contributed by atoms with Gasteiger partial charge in [0.25, 0.3) is 0 Å². The fourth-order valence-corrected chi connectivity index (χ4v) is 2.77. The molecule has 1 heterocycles. The Bertz CT molecular complexity index is 408. The van der Waals surface area contributed by atoms with Gasteiger partial charge in [-0.15, -0.1) is 0 Å². The van der Waals surface area contributed by atoms with E-state index in [1.54, 1.807) is 0 Å². The van der Waals surface area contributed by atoms with Crippen LogP contribution in [0.3, 0.4) is 0 Å². The molecule has 2 N–H and O–H groups in total. The van der Waals surface area contributed by atoms with Crippen LogP contribution in [0, 0.1) is 0 Å². The van der Waals surface area contributed by atoms with E-state index in [4.69, 9.17) is 0 Å². The van der Waals surface area contributed by atoms with E-state index in [0.29, 0.717) is 12.5 Å². The largest absolute Gasteiger partial charge is 0.480 e. The number of carbonyl (C=O) groups is 1. The number of carboxylic acids is 1. The van der Waals surface area contributed by atoms with Crippen molar-refractivity contribution in [3.05, 3.63) is 30.3 Å². The molecule has 2 rings (SSSR count). The van der Waals surface area contributed by atoms with E-state index in [1.165, 1.54) is 0 Å². The van der Waals surface area contributed by atoms with Gasteiger partial charge in [0, 0.05) is 18.3 Å². The minimum atomic E-state index is -0.706. The Balaban J connectivity index is 1.95. The topological polar surface area (TPSA) is 52.6 Å². The molecular weight excluding hydrogens is 240 g/mol. The first-order chi connectivity index (χ1) is 9.20. The fourth-order valence-electron chi connectivity index (χ4n) is 2.77. The molecule has 0 radical (unpaired) electrons. The summed E-state index contributed by atoms with van der Waals surface area (Å²) in [5.41, 5.74) is 1.11. The van der Waals surface area contributed by atoms with Crippen molar-refractivity contribution < 1.29 is 9.90 Å². The van der Waals surface area contributed by atoms with Gasteiger partial charge in [-0.2, -0.15) is 0 Å². The summed E-state index contributed by atoms with van der Waals surface area (Å²) in [6.07, 6.45) is 2.81. The third-order valence-corrected chi connectivity index (χ3v) is 3.71. The minimum Gasteiger partial charge on any atom is -0.480 e. The number of hydrogen-bond acceptors (Lipinski definition) is 3. The molecule has 104 valence electrons. The molecule has 19 heavy (non-hydrogen) atoms. The quantitative estimate of drug-likeness (QED) is 0.855. The number of anilines is 1. The summed E-state index contributed by atoms with van der Waals surface area (Å²) in [7, 11) is 0. The highest BCUT2D eigenvalue weighted by Crippen LogP contribution is 2.18. The van der Waals surface area contributed by atoms with Gasteiger partial charge >= 0.3 is 5.97 Å². The van der Waals surface area contributed by atoms with Gasteiger partial charge in [0.2, 0.25) is 0 Å². The van der Waals surface area contributed by atoms with Crippen molar-refractivity contribution in [3.63, 3.8) is 0 Å². The summed E-state index contributed by atoms with van der Waals surface area (Å²) < 4.78 is 0. The van der Waals surface area contributed by atoms with Gasteiger partial charge in [-0.3, -0.25) is 9.69 Å². The van der Waals surface area contributed by atoms with Crippen molar-refractivity contribution >= 4 is 11.7 Å². The van der Waals surface area contributed by atoms with Crippen LogP contribution < -0.4 is 5.32 Å². The van der Waals surface area contributed by atoms with Crippen LogP contribution in [-0.4, -0.2) is 41.1 Å². The van der Waals surface area contributed by atoms with Crippen LogP contribution in [0.5, 0.6) is 0 Å². The number of hydrogen-bond donors (Lipinski definition) is 2. The first-order valence-electron chi connectivity index (χ1n) is 6.99. The van der Waals surface area contributed by atoms with Gasteiger partial charge in [0.1, 0.15) is 6.04 Å². The van der Waals surface area contributed by atoms with E-state index in [0.717, 1.165) is 31.6 Å². The monoisotopic (exact) mass is 262 g/mol. The Hall–Kier alpha value is -1.55. The van der Waals surface area contributed by atoms with Gasteiger partial charge < -0.3 is 10.4 Å². The molecule has 4 heteroatoms. The van der Waals surface area contributed by atoms with E-state index >= 15 is 0 Å². The number of aliphatic carboxylic acids is 1. The Morgan fingerprint density at radius 1 is 1.47 bits per heavy atom. The third kappa shape index (κ3) is 3.70. The average molecular weight is 262 g/mol. The number of rotatable bonds is 5. The number of nitrogens with one attached hydrogen (secondary N) is 1.